The predicted octanol–water partition coefficient (Wildman–Crippen LogP) is 0.572. The fourth-order valence-electron chi connectivity index (χ4n) is 3.25. The van der Waals surface area contributed by atoms with E-state index in [1.807, 2.05) is 6.92 Å². The zero-order chi connectivity index (χ0) is 24.9. The molecule has 1 saturated heterocycles. The second-order valence-corrected chi connectivity index (χ2v) is 10.4. The van der Waals surface area contributed by atoms with E-state index in [0.717, 1.165) is 0 Å². The maximum Gasteiger partial charge on any atom is 0.352 e. The van der Waals surface area contributed by atoms with Crippen LogP contribution >= 0.6 is 34.9 Å². The third kappa shape index (κ3) is 5.38. The average molecular weight is 537 g/mol. The van der Waals surface area contributed by atoms with Crippen LogP contribution in [0.3, 0.4) is 0 Å². The van der Waals surface area contributed by atoms with E-state index >= 15 is 0 Å². The highest BCUT2D eigenvalue weighted by Crippen LogP contribution is 2.41. The van der Waals surface area contributed by atoms with Crippen LogP contribution in [0, 0.1) is 0 Å². The summed E-state index contributed by atoms with van der Waals surface area (Å²) in [5.41, 5.74) is 7.58. The van der Waals surface area contributed by atoms with Gasteiger partial charge in [0.15, 0.2) is 10.2 Å². The number of nitrogen functional groups attached to an aromatic ring is 1. The molecule has 0 bridgehead atoms. The molecule has 0 saturated carbocycles. The van der Waals surface area contributed by atoms with Gasteiger partial charge in [-0.15, -0.1) is 22.0 Å². The van der Waals surface area contributed by atoms with Crippen molar-refractivity contribution in [2.75, 3.05) is 23.8 Å². The number of β-lactam (4-membered cyclic amide) rings is 1. The highest BCUT2D eigenvalue weighted by Gasteiger charge is 2.54. The summed E-state index contributed by atoms with van der Waals surface area (Å²) in [4.78, 5) is 52.4. The van der Waals surface area contributed by atoms with Gasteiger partial charge in [-0.2, -0.15) is 0 Å². The molecule has 0 radical (unpaired) electrons. The van der Waals surface area contributed by atoms with Crippen molar-refractivity contribution in [2.24, 2.45) is 5.16 Å². The molecule has 1 fully saturated rings. The van der Waals surface area contributed by atoms with Gasteiger partial charge >= 0.3 is 5.97 Å². The largest absolute Gasteiger partial charge is 0.477 e. The van der Waals surface area contributed by atoms with Gasteiger partial charge in [-0.05, 0) is 18.1 Å². The van der Waals surface area contributed by atoms with Crippen molar-refractivity contribution < 1.29 is 24.3 Å². The van der Waals surface area contributed by atoms with Crippen LogP contribution in [0.4, 0.5) is 5.82 Å². The third-order valence-electron chi connectivity index (χ3n) is 4.80. The SMILES string of the molecule is CCCON=C(C(=O)NC1C(=O)N2C(C(=O)O)=C(CSc3nncs3)CS[C@H]12)c1nccc(N)n1. The first-order valence-electron chi connectivity index (χ1n) is 10.3. The molecule has 0 aliphatic carbocycles. The second-order valence-electron chi connectivity index (χ2n) is 7.19. The monoisotopic (exact) mass is 536 g/mol. The predicted molar refractivity (Wildman–Crippen MR) is 130 cm³/mol. The van der Waals surface area contributed by atoms with Gasteiger partial charge in [0.25, 0.3) is 11.8 Å². The minimum Gasteiger partial charge on any atom is -0.477 e. The summed E-state index contributed by atoms with van der Waals surface area (Å²) in [7, 11) is 0. The van der Waals surface area contributed by atoms with Crippen LogP contribution in [-0.2, 0) is 19.2 Å². The molecule has 2 aliphatic rings. The summed E-state index contributed by atoms with van der Waals surface area (Å²) >= 11 is 4.07. The summed E-state index contributed by atoms with van der Waals surface area (Å²) in [6.45, 7) is 2.14. The quantitative estimate of drug-likeness (QED) is 0.126. The van der Waals surface area contributed by atoms with Crippen LogP contribution in [0.2, 0.25) is 0 Å². The van der Waals surface area contributed by atoms with Crippen molar-refractivity contribution in [3.05, 3.63) is 34.9 Å². The number of aliphatic carboxylic acids is 1. The van der Waals surface area contributed by atoms with Gasteiger partial charge < -0.3 is 21.0 Å². The number of nitrogens with two attached hydrogens (primary N) is 1. The van der Waals surface area contributed by atoms with E-state index in [1.54, 1.807) is 5.51 Å². The standard InChI is InChI=1S/C19H20N8O5S3/c1-2-5-32-26-11(14-21-4-3-10(20)23-14)15(28)24-12-16(29)27-13(18(30)31)9(6-33-17(12)27)7-34-19-25-22-8-35-19/h3-4,8,12,17H,2,5-7H2,1H3,(H,24,28)(H,30,31)(H2,20,21,23)/t12?,17-/m1/s1. The number of thioether (sulfide) groups is 2. The number of aromatic nitrogens is 4. The zero-order valence-corrected chi connectivity index (χ0v) is 20.7. The maximum atomic E-state index is 13.0. The van der Waals surface area contributed by atoms with Crippen LogP contribution in [0.15, 0.2) is 38.5 Å². The molecule has 16 heteroatoms. The molecule has 184 valence electrons. The number of carboxylic acids is 1. The van der Waals surface area contributed by atoms with E-state index in [1.165, 1.54) is 52.0 Å². The minimum atomic E-state index is -1.20. The van der Waals surface area contributed by atoms with Gasteiger partial charge in [0, 0.05) is 17.7 Å². The van der Waals surface area contributed by atoms with Crippen molar-refractivity contribution in [1.82, 2.24) is 30.4 Å². The Morgan fingerprint density at radius 2 is 2.29 bits per heavy atom. The Labute approximate surface area is 211 Å². The van der Waals surface area contributed by atoms with Crippen LogP contribution in [0.25, 0.3) is 0 Å². The summed E-state index contributed by atoms with van der Waals surface area (Å²) < 4.78 is 0.704. The van der Waals surface area contributed by atoms with Gasteiger partial charge in [0.2, 0.25) is 5.71 Å². The number of nitrogens with one attached hydrogen (secondary N) is 1. The number of hydrogen-bond donors (Lipinski definition) is 3. The number of anilines is 1. The Balaban J connectivity index is 1.50. The molecule has 0 aromatic carbocycles. The molecular weight excluding hydrogens is 516 g/mol. The van der Waals surface area contributed by atoms with Crippen LogP contribution < -0.4 is 11.1 Å². The lowest BCUT2D eigenvalue weighted by Gasteiger charge is -2.49. The van der Waals surface area contributed by atoms with Crippen molar-refractivity contribution >= 4 is 64.2 Å². The maximum absolute atomic E-state index is 13.0. The minimum absolute atomic E-state index is 0.0550. The Morgan fingerprint density at radius 3 is 2.97 bits per heavy atom. The Hall–Kier alpha value is -3.24. The Kier molecular flexibility index (Phi) is 7.82. The van der Waals surface area contributed by atoms with Crippen LogP contribution in [0.5, 0.6) is 0 Å². The molecule has 2 atom stereocenters. The molecule has 1 unspecified atom stereocenters. The van der Waals surface area contributed by atoms with Gasteiger partial charge in [-0.3, -0.25) is 14.5 Å². The van der Waals surface area contributed by atoms with E-state index in [0.29, 0.717) is 27.8 Å². The van der Waals surface area contributed by atoms with E-state index < -0.39 is 29.2 Å². The molecule has 4 heterocycles. The average Bonchev–Trinajstić information content (AvgIpc) is 3.36. The molecule has 2 aliphatic heterocycles. The van der Waals surface area contributed by atoms with Gasteiger partial charge in [0.05, 0.1) is 0 Å². The highest BCUT2D eigenvalue weighted by atomic mass is 32.2. The van der Waals surface area contributed by atoms with Crippen molar-refractivity contribution in [1.29, 1.82) is 0 Å². The number of carbonyl (C=O) groups is 3. The summed E-state index contributed by atoms with van der Waals surface area (Å²) in [5.74, 6) is -1.65. The van der Waals surface area contributed by atoms with E-state index in [-0.39, 0.29) is 29.7 Å². The molecule has 4 rings (SSSR count). The molecule has 2 aromatic rings. The normalized spacial score (nSPS) is 19.7. The second kappa shape index (κ2) is 11.0. The van der Waals surface area contributed by atoms with Gasteiger partial charge in [-0.1, -0.05) is 35.2 Å². The van der Waals surface area contributed by atoms with E-state index in [2.05, 4.69) is 30.6 Å². The number of nitrogens with zero attached hydrogens (tertiary/aromatic N) is 6. The van der Waals surface area contributed by atoms with Crippen molar-refractivity contribution in [3.63, 3.8) is 0 Å². The van der Waals surface area contributed by atoms with E-state index in [4.69, 9.17) is 10.6 Å². The molecular formula is C19H20N8O5S3. The number of rotatable bonds is 10. The molecule has 13 nitrogen and oxygen atoms in total. The number of fused-ring (bicyclic) bond motifs is 1. The van der Waals surface area contributed by atoms with Crippen molar-refractivity contribution in [2.45, 2.75) is 29.1 Å². The zero-order valence-electron chi connectivity index (χ0n) is 18.3. The van der Waals surface area contributed by atoms with Gasteiger partial charge in [0.1, 0.15) is 35.0 Å². The highest BCUT2D eigenvalue weighted by molar-refractivity contribution is 8.01. The Morgan fingerprint density at radius 1 is 1.46 bits per heavy atom. The van der Waals surface area contributed by atoms with E-state index in [9.17, 15) is 19.5 Å². The molecule has 2 amide bonds. The fraction of sp³-hybridized carbons (Fsp3) is 0.368. The fourth-order valence-corrected chi connectivity index (χ4v) is 6.22. The smallest absolute Gasteiger partial charge is 0.352 e. The van der Waals surface area contributed by atoms with Gasteiger partial charge in [-0.25, -0.2) is 14.8 Å². The van der Waals surface area contributed by atoms with Crippen molar-refractivity contribution in [3.8, 4) is 0 Å². The number of oxime groups is 1. The summed E-state index contributed by atoms with van der Waals surface area (Å²) in [6.07, 6.45) is 2.04. The molecule has 0 spiro atoms. The topological polar surface area (TPSA) is 186 Å². The van der Waals surface area contributed by atoms with Crippen LogP contribution in [-0.4, -0.2) is 83.2 Å². The lowest BCUT2D eigenvalue weighted by Crippen LogP contribution is -2.71. The lowest BCUT2D eigenvalue weighted by atomic mass is 10.0. The summed E-state index contributed by atoms with van der Waals surface area (Å²) in [6, 6.07) is 0.509. The summed E-state index contributed by atoms with van der Waals surface area (Å²) in [5, 5.41) is 23.4. The van der Waals surface area contributed by atoms with Crippen LogP contribution in [0.1, 0.15) is 19.2 Å². The number of hydrogen-bond acceptors (Lipinski definition) is 13. The molecule has 4 N–H and O–H groups in total. The first-order chi connectivity index (χ1) is 16.9. The first kappa shape index (κ1) is 24.9. The number of amides is 2. The first-order valence-corrected chi connectivity index (χ1v) is 13.2. The number of carboxylic acid groups (broad SMARTS) is 1. The Bertz CT molecular complexity index is 1190. The molecule has 2 aromatic heterocycles. The third-order valence-corrected chi connectivity index (χ3v) is 8.09. The molecule has 35 heavy (non-hydrogen) atoms. The lowest BCUT2D eigenvalue weighted by molar-refractivity contribution is -0.150. The number of carbonyl (C=O) groups excluding carboxylic acids is 2.